The summed E-state index contributed by atoms with van der Waals surface area (Å²) in [5, 5.41) is 8.77. The summed E-state index contributed by atoms with van der Waals surface area (Å²) in [6, 6.07) is 5.65. The van der Waals surface area contributed by atoms with E-state index in [1.807, 2.05) is 12.1 Å². The molecule has 4 nitrogen and oxygen atoms in total. The minimum atomic E-state index is 0.409. The van der Waals surface area contributed by atoms with E-state index in [0.29, 0.717) is 5.69 Å². The molecule has 2 aromatic rings. The first-order valence-electron chi connectivity index (χ1n) is 3.75. The lowest BCUT2D eigenvalue weighted by atomic mass is 10.1. The van der Waals surface area contributed by atoms with E-state index in [9.17, 15) is 0 Å². The second kappa shape index (κ2) is 3.07. The van der Waals surface area contributed by atoms with Crippen LogP contribution in [0.15, 0.2) is 30.9 Å². The van der Waals surface area contributed by atoms with Crippen molar-refractivity contribution in [3.05, 3.63) is 36.5 Å². The topological polar surface area (TPSA) is 65.4 Å². The van der Waals surface area contributed by atoms with Crippen LogP contribution < -0.4 is 0 Å². The molecule has 2 rings (SSSR count). The number of nitrogens with one attached hydrogen (secondary N) is 1. The SMILES string of the molecule is N#Cc1ncccc1-c1cnc[nH]1. The summed E-state index contributed by atoms with van der Waals surface area (Å²) in [4.78, 5) is 10.8. The summed E-state index contributed by atoms with van der Waals surface area (Å²) in [6.07, 6.45) is 4.83. The third-order valence-corrected chi connectivity index (χ3v) is 1.70. The van der Waals surface area contributed by atoms with Gasteiger partial charge < -0.3 is 4.98 Å². The van der Waals surface area contributed by atoms with Crippen molar-refractivity contribution in [3.63, 3.8) is 0 Å². The van der Waals surface area contributed by atoms with Crippen molar-refractivity contribution in [1.82, 2.24) is 15.0 Å². The molecule has 0 aliphatic carbocycles. The van der Waals surface area contributed by atoms with Gasteiger partial charge in [-0.2, -0.15) is 5.26 Å². The maximum absolute atomic E-state index is 8.77. The van der Waals surface area contributed by atoms with Gasteiger partial charge in [-0.1, -0.05) is 0 Å². The van der Waals surface area contributed by atoms with Crippen molar-refractivity contribution in [2.45, 2.75) is 0 Å². The van der Waals surface area contributed by atoms with Crippen LogP contribution >= 0.6 is 0 Å². The highest BCUT2D eigenvalue weighted by Gasteiger charge is 2.04. The molecule has 2 aromatic heterocycles. The molecule has 0 atom stereocenters. The van der Waals surface area contributed by atoms with Gasteiger partial charge in [0.2, 0.25) is 0 Å². The average molecular weight is 170 g/mol. The zero-order valence-electron chi connectivity index (χ0n) is 6.73. The summed E-state index contributed by atoms with van der Waals surface area (Å²) in [7, 11) is 0. The van der Waals surface area contributed by atoms with Crippen LogP contribution in [0.25, 0.3) is 11.3 Å². The number of rotatable bonds is 1. The molecule has 0 aliphatic rings. The summed E-state index contributed by atoms with van der Waals surface area (Å²) in [5.74, 6) is 0. The van der Waals surface area contributed by atoms with E-state index in [1.165, 1.54) is 0 Å². The normalized spacial score (nSPS) is 9.46. The van der Waals surface area contributed by atoms with Crippen molar-refractivity contribution in [2.75, 3.05) is 0 Å². The van der Waals surface area contributed by atoms with Gasteiger partial charge >= 0.3 is 0 Å². The maximum Gasteiger partial charge on any atom is 0.149 e. The number of hydrogen-bond donors (Lipinski definition) is 1. The standard InChI is InChI=1S/C9H6N4/c10-4-8-7(2-1-3-12-8)9-5-11-6-13-9/h1-3,5-6H,(H,11,13). The van der Waals surface area contributed by atoms with Crippen molar-refractivity contribution in [1.29, 1.82) is 5.26 Å². The molecule has 0 aliphatic heterocycles. The number of nitrogens with zero attached hydrogens (tertiary/aromatic N) is 3. The molecule has 0 unspecified atom stereocenters. The Morgan fingerprint density at radius 2 is 2.38 bits per heavy atom. The van der Waals surface area contributed by atoms with Crippen LogP contribution in [0, 0.1) is 11.3 Å². The van der Waals surface area contributed by atoms with E-state index in [-0.39, 0.29) is 0 Å². The number of H-pyrrole nitrogens is 1. The van der Waals surface area contributed by atoms with Gasteiger partial charge in [-0.3, -0.25) is 0 Å². The fourth-order valence-corrected chi connectivity index (χ4v) is 1.11. The zero-order chi connectivity index (χ0) is 9.10. The van der Waals surface area contributed by atoms with Crippen molar-refractivity contribution in [2.24, 2.45) is 0 Å². The monoisotopic (exact) mass is 170 g/mol. The fraction of sp³-hybridized carbons (Fsp3) is 0. The Bertz CT molecular complexity index is 439. The summed E-state index contributed by atoms with van der Waals surface area (Å²) >= 11 is 0. The van der Waals surface area contributed by atoms with Gasteiger partial charge in [0.1, 0.15) is 11.8 Å². The quantitative estimate of drug-likeness (QED) is 0.702. The van der Waals surface area contributed by atoms with Gasteiger partial charge in [0.25, 0.3) is 0 Å². The molecule has 0 bridgehead atoms. The largest absolute Gasteiger partial charge is 0.345 e. The van der Waals surface area contributed by atoms with Gasteiger partial charge in [0.05, 0.1) is 18.2 Å². The van der Waals surface area contributed by atoms with Crippen molar-refractivity contribution < 1.29 is 0 Å². The predicted octanol–water partition coefficient (Wildman–Crippen LogP) is 1.34. The average Bonchev–Trinajstić information content (AvgIpc) is 2.70. The molecule has 0 amide bonds. The Labute approximate surface area is 74.9 Å². The molecule has 1 N–H and O–H groups in total. The third-order valence-electron chi connectivity index (χ3n) is 1.70. The summed E-state index contributed by atoms with van der Waals surface area (Å²) in [5.41, 5.74) is 2.00. The number of aromatic nitrogens is 3. The highest BCUT2D eigenvalue weighted by Crippen LogP contribution is 2.17. The van der Waals surface area contributed by atoms with Gasteiger partial charge in [-0.25, -0.2) is 9.97 Å². The maximum atomic E-state index is 8.77. The molecule has 0 radical (unpaired) electrons. The highest BCUT2D eigenvalue weighted by atomic mass is 14.9. The lowest BCUT2D eigenvalue weighted by molar-refractivity contribution is 1.25. The minimum Gasteiger partial charge on any atom is -0.345 e. The molecule has 0 saturated heterocycles. The Kier molecular flexibility index (Phi) is 1.77. The number of nitriles is 1. The zero-order valence-corrected chi connectivity index (χ0v) is 6.73. The Balaban J connectivity index is 2.59. The van der Waals surface area contributed by atoms with E-state index in [2.05, 4.69) is 15.0 Å². The lowest BCUT2D eigenvalue weighted by Crippen LogP contribution is -1.87. The van der Waals surface area contributed by atoms with Gasteiger partial charge in [0, 0.05) is 11.8 Å². The van der Waals surface area contributed by atoms with Crippen LogP contribution in [0.1, 0.15) is 5.69 Å². The molecular formula is C9H6N4. The summed E-state index contributed by atoms with van der Waals surface area (Å²) in [6.45, 7) is 0. The van der Waals surface area contributed by atoms with E-state index in [1.54, 1.807) is 24.8 Å². The molecule has 0 fully saturated rings. The van der Waals surface area contributed by atoms with Crippen LogP contribution in [0.2, 0.25) is 0 Å². The molecule has 62 valence electrons. The number of aromatic amines is 1. The molecule has 0 aromatic carbocycles. The van der Waals surface area contributed by atoms with Crippen LogP contribution in [-0.2, 0) is 0 Å². The first kappa shape index (κ1) is 7.50. The molecular weight excluding hydrogens is 164 g/mol. The smallest absolute Gasteiger partial charge is 0.149 e. The van der Waals surface area contributed by atoms with Crippen LogP contribution in [0.4, 0.5) is 0 Å². The second-order valence-corrected chi connectivity index (χ2v) is 2.48. The molecule has 2 heterocycles. The molecule has 0 spiro atoms. The summed E-state index contributed by atoms with van der Waals surface area (Å²) < 4.78 is 0. The van der Waals surface area contributed by atoms with E-state index >= 15 is 0 Å². The highest BCUT2D eigenvalue weighted by molar-refractivity contribution is 5.63. The second-order valence-electron chi connectivity index (χ2n) is 2.48. The van der Waals surface area contributed by atoms with E-state index < -0.39 is 0 Å². The van der Waals surface area contributed by atoms with Gasteiger partial charge in [-0.15, -0.1) is 0 Å². The number of hydrogen-bond acceptors (Lipinski definition) is 3. The third kappa shape index (κ3) is 1.27. The lowest BCUT2D eigenvalue weighted by Gasteiger charge is -1.97. The van der Waals surface area contributed by atoms with E-state index in [4.69, 9.17) is 5.26 Å². The van der Waals surface area contributed by atoms with Crippen molar-refractivity contribution >= 4 is 0 Å². The molecule has 4 heteroatoms. The molecule has 13 heavy (non-hydrogen) atoms. The van der Waals surface area contributed by atoms with E-state index in [0.717, 1.165) is 11.3 Å². The van der Waals surface area contributed by atoms with Gasteiger partial charge in [0.15, 0.2) is 0 Å². The minimum absolute atomic E-state index is 0.409. The first-order chi connectivity index (χ1) is 6.42. The number of pyridine rings is 1. The predicted molar refractivity (Wildman–Crippen MR) is 46.5 cm³/mol. The van der Waals surface area contributed by atoms with Crippen LogP contribution in [-0.4, -0.2) is 15.0 Å². The van der Waals surface area contributed by atoms with Gasteiger partial charge in [-0.05, 0) is 12.1 Å². The van der Waals surface area contributed by atoms with Crippen molar-refractivity contribution in [3.8, 4) is 17.3 Å². The first-order valence-corrected chi connectivity index (χ1v) is 3.75. The van der Waals surface area contributed by atoms with Crippen LogP contribution in [0.5, 0.6) is 0 Å². The Morgan fingerprint density at radius 1 is 1.46 bits per heavy atom. The Hall–Kier alpha value is -2.15. The number of imidazole rings is 1. The fourth-order valence-electron chi connectivity index (χ4n) is 1.11. The Morgan fingerprint density at radius 3 is 3.08 bits per heavy atom. The molecule has 0 saturated carbocycles. The van der Waals surface area contributed by atoms with Crippen LogP contribution in [0.3, 0.4) is 0 Å².